The van der Waals surface area contributed by atoms with Gasteiger partial charge in [0.1, 0.15) is 11.6 Å². The summed E-state index contributed by atoms with van der Waals surface area (Å²) >= 11 is 0. The second-order valence-electron chi connectivity index (χ2n) is 7.43. The highest BCUT2D eigenvalue weighted by Crippen LogP contribution is 2.33. The summed E-state index contributed by atoms with van der Waals surface area (Å²) in [5.74, 6) is 2.08. The van der Waals surface area contributed by atoms with Gasteiger partial charge in [0.2, 0.25) is 0 Å². The molecule has 0 amide bonds. The van der Waals surface area contributed by atoms with Crippen molar-refractivity contribution in [3.8, 4) is 5.75 Å². The Labute approximate surface area is 161 Å². The van der Waals surface area contributed by atoms with Crippen LogP contribution in [-0.4, -0.2) is 32.7 Å². The van der Waals surface area contributed by atoms with Gasteiger partial charge in [-0.2, -0.15) is 0 Å². The topological polar surface area (TPSA) is 35.2 Å². The van der Waals surface area contributed by atoms with Gasteiger partial charge < -0.3 is 13.9 Å². The van der Waals surface area contributed by atoms with Crippen LogP contribution >= 0.6 is 0 Å². The van der Waals surface area contributed by atoms with Crippen LogP contribution in [0.3, 0.4) is 0 Å². The van der Waals surface area contributed by atoms with E-state index in [0.29, 0.717) is 6.04 Å². The van der Waals surface area contributed by atoms with Gasteiger partial charge in [0.25, 0.3) is 0 Å². The third-order valence-corrected chi connectivity index (χ3v) is 5.66. The number of likely N-dealkylation sites (tertiary alicyclic amines) is 1. The monoisotopic (exact) mass is 364 g/mol. The fourth-order valence-electron chi connectivity index (χ4n) is 4.04. The van der Waals surface area contributed by atoms with Crippen molar-refractivity contribution in [3.63, 3.8) is 0 Å². The maximum atomic E-state index is 5.28. The molecule has 0 saturated carbocycles. The lowest BCUT2D eigenvalue weighted by atomic mass is 10.1. The molecule has 1 aliphatic heterocycles. The van der Waals surface area contributed by atoms with Crippen LogP contribution in [0, 0.1) is 6.92 Å². The van der Waals surface area contributed by atoms with E-state index >= 15 is 0 Å². The summed E-state index contributed by atoms with van der Waals surface area (Å²) in [5, 5.41) is 0. The van der Waals surface area contributed by atoms with E-state index in [1.165, 1.54) is 35.6 Å². The van der Waals surface area contributed by atoms with Gasteiger partial charge in [0, 0.05) is 43.9 Å². The SMILES string of the molecule is COc1ccc(Cn2c(C)cnc2C2CCCN2Cc2cccn2C)cc1. The maximum Gasteiger partial charge on any atom is 0.126 e. The lowest BCUT2D eigenvalue weighted by Crippen LogP contribution is -2.26. The van der Waals surface area contributed by atoms with Gasteiger partial charge in [-0.05, 0) is 56.1 Å². The fraction of sp³-hybridized carbons (Fsp3) is 0.409. The lowest BCUT2D eigenvalue weighted by Gasteiger charge is -2.25. The highest BCUT2D eigenvalue weighted by molar-refractivity contribution is 5.28. The predicted octanol–water partition coefficient (Wildman–Crippen LogP) is 3.92. The van der Waals surface area contributed by atoms with E-state index < -0.39 is 0 Å². The average Bonchev–Trinajstić information content (AvgIpc) is 3.39. The van der Waals surface area contributed by atoms with Gasteiger partial charge in [-0.25, -0.2) is 4.98 Å². The highest BCUT2D eigenvalue weighted by Gasteiger charge is 2.30. The van der Waals surface area contributed by atoms with Gasteiger partial charge in [-0.1, -0.05) is 12.1 Å². The van der Waals surface area contributed by atoms with Crippen LogP contribution in [0.15, 0.2) is 48.8 Å². The Morgan fingerprint density at radius 2 is 1.96 bits per heavy atom. The van der Waals surface area contributed by atoms with Crippen molar-refractivity contribution >= 4 is 0 Å². The van der Waals surface area contributed by atoms with Crippen molar-refractivity contribution < 1.29 is 4.74 Å². The van der Waals surface area contributed by atoms with Crippen molar-refractivity contribution in [2.45, 2.75) is 38.9 Å². The number of aryl methyl sites for hydroxylation is 2. The molecule has 0 N–H and O–H groups in total. The summed E-state index contributed by atoms with van der Waals surface area (Å²) < 4.78 is 9.86. The molecule has 142 valence electrons. The zero-order valence-electron chi connectivity index (χ0n) is 16.4. The van der Waals surface area contributed by atoms with E-state index in [2.05, 4.69) is 58.5 Å². The quantitative estimate of drug-likeness (QED) is 0.665. The minimum absolute atomic E-state index is 0.381. The Kier molecular flexibility index (Phi) is 5.03. The van der Waals surface area contributed by atoms with Crippen LogP contribution in [0.25, 0.3) is 0 Å². The maximum absolute atomic E-state index is 5.28. The van der Waals surface area contributed by atoms with Gasteiger partial charge in [-0.3, -0.25) is 4.90 Å². The van der Waals surface area contributed by atoms with Crippen molar-refractivity contribution in [2.75, 3.05) is 13.7 Å². The molecule has 1 fully saturated rings. The number of ether oxygens (including phenoxy) is 1. The molecule has 4 rings (SSSR count). The number of methoxy groups -OCH3 is 1. The summed E-state index contributed by atoms with van der Waals surface area (Å²) in [4.78, 5) is 7.39. The summed E-state index contributed by atoms with van der Waals surface area (Å²) in [5.41, 5.74) is 3.84. The zero-order chi connectivity index (χ0) is 18.8. The van der Waals surface area contributed by atoms with Crippen molar-refractivity contribution in [1.29, 1.82) is 0 Å². The molecule has 1 unspecified atom stereocenters. The number of nitrogens with zero attached hydrogens (tertiary/aromatic N) is 4. The Morgan fingerprint density at radius 1 is 1.15 bits per heavy atom. The van der Waals surface area contributed by atoms with Crippen molar-refractivity contribution in [1.82, 2.24) is 19.0 Å². The lowest BCUT2D eigenvalue weighted by molar-refractivity contribution is 0.230. The minimum Gasteiger partial charge on any atom is -0.497 e. The van der Waals surface area contributed by atoms with Crippen LogP contribution in [0.4, 0.5) is 0 Å². The molecule has 1 atom stereocenters. The summed E-state index contributed by atoms with van der Waals surface area (Å²) in [6.45, 7) is 5.10. The number of hydrogen-bond acceptors (Lipinski definition) is 3. The van der Waals surface area contributed by atoms with Crippen LogP contribution in [-0.2, 0) is 20.1 Å². The number of benzene rings is 1. The molecule has 0 radical (unpaired) electrons. The van der Waals surface area contributed by atoms with Crippen LogP contribution in [0.2, 0.25) is 0 Å². The molecule has 1 aromatic carbocycles. The first-order chi connectivity index (χ1) is 13.2. The average molecular weight is 364 g/mol. The third kappa shape index (κ3) is 3.65. The van der Waals surface area contributed by atoms with Crippen molar-refractivity contribution in [2.24, 2.45) is 7.05 Å². The van der Waals surface area contributed by atoms with E-state index in [4.69, 9.17) is 9.72 Å². The van der Waals surface area contributed by atoms with Crippen molar-refractivity contribution in [3.05, 3.63) is 71.6 Å². The Hall–Kier alpha value is -2.53. The molecule has 5 nitrogen and oxygen atoms in total. The number of imidazole rings is 1. The fourth-order valence-corrected chi connectivity index (χ4v) is 4.04. The molecule has 0 spiro atoms. The number of aromatic nitrogens is 3. The number of rotatable bonds is 6. The summed E-state index contributed by atoms with van der Waals surface area (Å²) in [7, 11) is 3.82. The van der Waals surface area contributed by atoms with E-state index in [1.54, 1.807) is 7.11 Å². The number of hydrogen-bond donors (Lipinski definition) is 0. The first kappa shape index (κ1) is 17.9. The molecule has 27 heavy (non-hydrogen) atoms. The van der Waals surface area contributed by atoms with E-state index in [9.17, 15) is 0 Å². The van der Waals surface area contributed by atoms with Crippen LogP contribution < -0.4 is 4.74 Å². The van der Waals surface area contributed by atoms with Crippen LogP contribution in [0.1, 0.15) is 41.7 Å². The first-order valence-corrected chi connectivity index (χ1v) is 9.65. The Morgan fingerprint density at radius 3 is 2.67 bits per heavy atom. The largest absolute Gasteiger partial charge is 0.497 e. The third-order valence-electron chi connectivity index (χ3n) is 5.66. The van der Waals surface area contributed by atoms with E-state index in [-0.39, 0.29) is 0 Å². The van der Waals surface area contributed by atoms with Gasteiger partial charge in [0.05, 0.1) is 13.2 Å². The normalized spacial score (nSPS) is 17.5. The standard InChI is InChI=1S/C22H28N4O/c1-17-14-23-22(26(17)15-18-8-10-20(27-3)11-9-18)21-7-5-13-25(21)16-19-6-4-12-24(19)2/h4,6,8-12,14,21H,5,7,13,15-16H2,1-3H3. The molecule has 0 bridgehead atoms. The van der Waals surface area contributed by atoms with Crippen LogP contribution in [0.5, 0.6) is 5.75 Å². The Bertz CT molecular complexity index is 893. The smallest absolute Gasteiger partial charge is 0.126 e. The summed E-state index contributed by atoms with van der Waals surface area (Å²) in [6, 6.07) is 13.0. The van der Waals surface area contributed by atoms with Gasteiger partial charge in [0.15, 0.2) is 0 Å². The summed E-state index contributed by atoms with van der Waals surface area (Å²) in [6.07, 6.45) is 6.53. The molecule has 1 saturated heterocycles. The molecular weight excluding hydrogens is 336 g/mol. The van der Waals surface area contributed by atoms with Gasteiger partial charge >= 0.3 is 0 Å². The first-order valence-electron chi connectivity index (χ1n) is 9.65. The second kappa shape index (κ2) is 7.61. The predicted molar refractivity (Wildman–Crippen MR) is 107 cm³/mol. The zero-order valence-corrected chi connectivity index (χ0v) is 16.4. The molecule has 5 heteroatoms. The Balaban J connectivity index is 1.57. The highest BCUT2D eigenvalue weighted by atomic mass is 16.5. The minimum atomic E-state index is 0.381. The second-order valence-corrected chi connectivity index (χ2v) is 7.43. The molecule has 0 aliphatic carbocycles. The van der Waals surface area contributed by atoms with E-state index in [0.717, 1.165) is 25.4 Å². The molecule has 2 aromatic heterocycles. The molecule has 3 heterocycles. The molecular formula is C22H28N4O. The van der Waals surface area contributed by atoms with E-state index in [1.807, 2.05) is 18.3 Å². The molecule has 3 aromatic rings. The van der Waals surface area contributed by atoms with Gasteiger partial charge in [-0.15, -0.1) is 0 Å². The molecule has 1 aliphatic rings.